The topological polar surface area (TPSA) is 87.7 Å². The van der Waals surface area contributed by atoms with Crippen molar-refractivity contribution >= 4 is 17.8 Å². The molecule has 0 unspecified atom stereocenters. The highest BCUT2D eigenvalue weighted by Gasteiger charge is 2.35. The standard InChI is InChI=1S/C17H21N3O4/c1-24-13-6-4-11(5-7-13)9-12-3-2-8-20(12)15(21)10-14-16(22)19-17(23)18-14/h4-7,12,14H,2-3,8-10H2,1H3,(H2,18,19,22,23)/t12-,14-/m1/s1. The number of benzene rings is 1. The van der Waals surface area contributed by atoms with Gasteiger partial charge in [-0.05, 0) is 37.0 Å². The first-order chi connectivity index (χ1) is 11.6. The summed E-state index contributed by atoms with van der Waals surface area (Å²) >= 11 is 0. The number of hydrogen-bond donors (Lipinski definition) is 2. The SMILES string of the molecule is COc1ccc(C[C@H]2CCCN2C(=O)C[C@H]2NC(=O)NC2=O)cc1. The van der Waals surface area contributed by atoms with Gasteiger partial charge in [-0.2, -0.15) is 0 Å². The largest absolute Gasteiger partial charge is 0.497 e. The van der Waals surface area contributed by atoms with Crippen LogP contribution in [-0.4, -0.2) is 48.5 Å². The summed E-state index contributed by atoms with van der Waals surface area (Å²) in [4.78, 5) is 37.1. The first kappa shape index (κ1) is 16.3. The Labute approximate surface area is 140 Å². The van der Waals surface area contributed by atoms with Crippen LogP contribution in [0.4, 0.5) is 4.79 Å². The van der Waals surface area contributed by atoms with Crippen LogP contribution in [0.5, 0.6) is 5.75 Å². The molecule has 3 rings (SSSR count). The molecule has 7 heteroatoms. The van der Waals surface area contributed by atoms with E-state index in [1.165, 1.54) is 0 Å². The van der Waals surface area contributed by atoms with Crippen LogP contribution in [-0.2, 0) is 16.0 Å². The molecule has 0 saturated carbocycles. The van der Waals surface area contributed by atoms with Crippen molar-refractivity contribution in [1.29, 1.82) is 0 Å². The summed E-state index contributed by atoms with van der Waals surface area (Å²) < 4.78 is 5.15. The highest BCUT2D eigenvalue weighted by molar-refractivity contribution is 6.05. The molecular formula is C17H21N3O4. The molecule has 1 aromatic rings. The number of imide groups is 1. The lowest BCUT2D eigenvalue weighted by molar-refractivity contribution is -0.134. The molecule has 0 aromatic heterocycles. The highest BCUT2D eigenvalue weighted by Crippen LogP contribution is 2.23. The molecule has 2 N–H and O–H groups in total. The van der Waals surface area contributed by atoms with Gasteiger partial charge in [0.15, 0.2) is 0 Å². The summed E-state index contributed by atoms with van der Waals surface area (Å²) in [6.45, 7) is 0.696. The highest BCUT2D eigenvalue weighted by atomic mass is 16.5. The second-order valence-corrected chi connectivity index (χ2v) is 6.15. The normalized spacial score (nSPS) is 23.1. The Balaban J connectivity index is 1.60. The van der Waals surface area contributed by atoms with Gasteiger partial charge in [-0.15, -0.1) is 0 Å². The quantitative estimate of drug-likeness (QED) is 0.782. The van der Waals surface area contributed by atoms with Gasteiger partial charge in [0.1, 0.15) is 11.8 Å². The van der Waals surface area contributed by atoms with Crippen LogP contribution in [0.25, 0.3) is 0 Å². The number of likely N-dealkylation sites (tertiary alicyclic amines) is 1. The van der Waals surface area contributed by atoms with Gasteiger partial charge in [-0.3, -0.25) is 14.9 Å². The van der Waals surface area contributed by atoms with Crippen molar-refractivity contribution < 1.29 is 19.1 Å². The molecule has 0 aliphatic carbocycles. The maximum atomic E-state index is 12.5. The summed E-state index contributed by atoms with van der Waals surface area (Å²) in [6, 6.07) is 6.67. The van der Waals surface area contributed by atoms with E-state index in [-0.39, 0.29) is 18.4 Å². The fraction of sp³-hybridized carbons (Fsp3) is 0.471. The molecular weight excluding hydrogens is 310 g/mol. The molecule has 7 nitrogen and oxygen atoms in total. The van der Waals surface area contributed by atoms with Crippen LogP contribution in [0.1, 0.15) is 24.8 Å². The van der Waals surface area contributed by atoms with Crippen LogP contribution >= 0.6 is 0 Å². The molecule has 2 aliphatic rings. The molecule has 2 atom stereocenters. The average molecular weight is 331 g/mol. The molecule has 4 amide bonds. The van der Waals surface area contributed by atoms with Crippen LogP contribution < -0.4 is 15.4 Å². The zero-order valence-corrected chi connectivity index (χ0v) is 13.6. The van der Waals surface area contributed by atoms with Gasteiger partial charge in [-0.1, -0.05) is 12.1 Å². The van der Waals surface area contributed by atoms with Crippen LogP contribution in [0, 0.1) is 0 Å². The van der Waals surface area contributed by atoms with Crippen molar-refractivity contribution in [3.8, 4) is 5.75 Å². The number of rotatable bonds is 5. The second-order valence-electron chi connectivity index (χ2n) is 6.15. The maximum absolute atomic E-state index is 12.5. The number of nitrogens with one attached hydrogen (secondary N) is 2. The molecule has 2 aliphatic heterocycles. The van der Waals surface area contributed by atoms with Gasteiger partial charge in [0, 0.05) is 12.6 Å². The lowest BCUT2D eigenvalue weighted by Gasteiger charge is -2.25. The fourth-order valence-corrected chi connectivity index (χ4v) is 3.30. The van der Waals surface area contributed by atoms with Crippen molar-refractivity contribution in [2.45, 2.75) is 37.8 Å². The number of nitrogens with zero attached hydrogens (tertiary/aromatic N) is 1. The van der Waals surface area contributed by atoms with E-state index < -0.39 is 18.0 Å². The summed E-state index contributed by atoms with van der Waals surface area (Å²) in [6.07, 6.45) is 2.69. The Morgan fingerprint density at radius 3 is 2.67 bits per heavy atom. The first-order valence-corrected chi connectivity index (χ1v) is 8.10. The summed E-state index contributed by atoms with van der Waals surface area (Å²) in [7, 11) is 1.63. The summed E-state index contributed by atoms with van der Waals surface area (Å²) in [5.74, 6) is 0.286. The third-order valence-corrected chi connectivity index (χ3v) is 4.57. The van der Waals surface area contributed by atoms with Crippen molar-refractivity contribution in [3.63, 3.8) is 0 Å². The third-order valence-electron chi connectivity index (χ3n) is 4.57. The van der Waals surface area contributed by atoms with E-state index in [0.717, 1.165) is 30.6 Å². The smallest absolute Gasteiger partial charge is 0.322 e. The van der Waals surface area contributed by atoms with E-state index in [2.05, 4.69) is 10.6 Å². The lowest BCUT2D eigenvalue weighted by Crippen LogP contribution is -2.41. The first-order valence-electron chi connectivity index (χ1n) is 8.10. The fourth-order valence-electron chi connectivity index (χ4n) is 3.30. The molecule has 0 radical (unpaired) electrons. The molecule has 2 fully saturated rings. The van der Waals surface area contributed by atoms with Crippen molar-refractivity contribution in [2.75, 3.05) is 13.7 Å². The Bertz CT molecular complexity index is 644. The minimum Gasteiger partial charge on any atom is -0.497 e. The van der Waals surface area contributed by atoms with Gasteiger partial charge < -0.3 is 15.0 Å². The van der Waals surface area contributed by atoms with E-state index in [9.17, 15) is 14.4 Å². The van der Waals surface area contributed by atoms with E-state index in [0.29, 0.717) is 6.54 Å². The van der Waals surface area contributed by atoms with Crippen LogP contribution in [0.2, 0.25) is 0 Å². The van der Waals surface area contributed by atoms with Gasteiger partial charge >= 0.3 is 6.03 Å². The number of amides is 4. The predicted molar refractivity (Wildman–Crippen MR) is 86.5 cm³/mol. The Morgan fingerprint density at radius 1 is 1.29 bits per heavy atom. The molecule has 2 heterocycles. The molecule has 0 spiro atoms. The van der Waals surface area contributed by atoms with Gasteiger partial charge in [0.25, 0.3) is 5.91 Å². The molecule has 128 valence electrons. The minimum atomic E-state index is -0.757. The van der Waals surface area contributed by atoms with Crippen LogP contribution in [0.15, 0.2) is 24.3 Å². The van der Waals surface area contributed by atoms with E-state index in [1.807, 2.05) is 29.2 Å². The number of methoxy groups -OCH3 is 1. The molecule has 0 bridgehead atoms. The van der Waals surface area contributed by atoms with Crippen molar-refractivity contribution in [3.05, 3.63) is 29.8 Å². The zero-order valence-electron chi connectivity index (χ0n) is 13.6. The monoisotopic (exact) mass is 331 g/mol. The molecule has 1 aromatic carbocycles. The lowest BCUT2D eigenvalue weighted by atomic mass is 10.0. The maximum Gasteiger partial charge on any atom is 0.322 e. The van der Waals surface area contributed by atoms with Crippen LogP contribution in [0.3, 0.4) is 0 Å². The molecule has 2 saturated heterocycles. The minimum absolute atomic E-state index is 0.0106. The third kappa shape index (κ3) is 3.50. The number of carbonyl (C=O) groups is 3. The van der Waals surface area contributed by atoms with E-state index in [4.69, 9.17) is 4.74 Å². The number of ether oxygens (including phenoxy) is 1. The van der Waals surface area contributed by atoms with E-state index >= 15 is 0 Å². The number of carbonyl (C=O) groups excluding carboxylic acids is 3. The predicted octanol–water partition coefficient (Wildman–Crippen LogP) is 0.827. The average Bonchev–Trinajstić information content (AvgIpc) is 3.14. The zero-order chi connectivity index (χ0) is 17.1. The van der Waals surface area contributed by atoms with E-state index in [1.54, 1.807) is 7.11 Å². The number of urea groups is 1. The Kier molecular flexibility index (Phi) is 4.69. The van der Waals surface area contributed by atoms with Gasteiger partial charge in [0.2, 0.25) is 5.91 Å². The van der Waals surface area contributed by atoms with Gasteiger partial charge in [0.05, 0.1) is 13.5 Å². The Hall–Kier alpha value is -2.57. The summed E-state index contributed by atoms with van der Waals surface area (Å²) in [5, 5.41) is 4.63. The Morgan fingerprint density at radius 2 is 2.04 bits per heavy atom. The van der Waals surface area contributed by atoms with Crippen molar-refractivity contribution in [2.24, 2.45) is 0 Å². The second kappa shape index (κ2) is 6.90. The molecule has 24 heavy (non-hydrogen) atoms. The number of hydrogen-bond acceptors (Lipinski definition) is 4. The van der Waals surface area contributed by atoms with Crippen molar-refractivity contribution in [1.82, 2.24) is 15.5 Å². The summed E-state index contributed by atoms with van der Waals surface area (Å²) in [5.41, 5.74) is 1.15. The van der Waals surface area contributed by atoms with Gasteiger partial charge in [-0.25, -0.2) is 4.79 Å².